The van der Waals surface area contributed by atoms with Crippen LogP contribution in [0, 0.1) is 0 Å². The van der Waals surface area contributed by atoms with Gasteiger partial charge in [-0.05, 0) is 73.5 Å². The highest BCUT2D eigenvalue weighted by atomic mass is 35.5. The number of hydrogen-bond acceptors (Lipinski definition) is 5. The van der Waals surface area contributed by atoms with Gasteiger partial charge in [0.15, 0.2) is 0 Å². The smallest absolute Gasteiger partial charge is 0.264 e. The molecule has 0 aliphatic carbocycles. The molecule has 2 amide bonds. The third-order valence-electron chi connectivity index (χ3n) is 6.29. The maximum atomic E-state index is 13.9. The summed E-state index contributed by atoms with van der Waals surface area (Å²) in [5.74, 6) is -0.408. The number of benzene rings is 3. The molecule has 8 nitrogen and oxygen atoms in total. The minimum atomic E-state index is -4.21. The van der Waals surface area contributed by atoms with E-state index in [1.807, 2.05) is 6.92 Å². The molecule has 0 aliphatic rings. The Morgan fingerprint density at radius 1 is 0.975 bits per heavy atom. The molecule has 40 heavy (non-hydrogen) atoms. The van der Waals surface area contributed by atoms with E-state index in [1.54, 1.807) is 49.4 Å². The van der Waals surface area contributed by atoms with E-state index in [2.05, 4.69) is 5.32 Å². The number of methoxy groups -OCH3 is 1. The number of rotatable bonds is 13. The quantitative estimate of drug-likeness (QED) is 0.258. The SMILES string of the molecule is CCCCNC(=O)[C@@H](C)N(Cc1ccc(Cl)cc1)C(=O)CN(c1cccc(Cl)c1)S(=O)(=O)c1ccc(OC)cc1. The van der Waals surface area contributed by atoms with E-state index >= 15 is 0 Å². The van der Waals surface area contributed by atoms with Gasteiger partial charge in [0.1, 0.15) is 18.3 Å². The maximum absolute atomic E-state index is 13.9. The number of anilines is 1. The number of carbonyl (C=O) groups is 2. The number of sulfonamides is 1. The van der Waals surface area contributed by atoms with Crippen LogP contribution in [0.25, 0.3) is 0 Å². The molecule has 0 aromatic heterocycles. The van der Waals surface area contributed by atoms with E-state index < -0.39 is 28.5 Å². The summed E-state index contributed by atoms with van der Waals surface area (Å²) in [6.07, 6.45) is 1.70. The highest BCUT2D eigenvalue weighted by molar-refractivity contribution is 7.92. The van der Waals surface area contributed by atoms with Crippen molar-refractivity contribution in [2.45, 2.75) is 44.2 Å². The average molecular weight is 607 g/mol. The molecule has 3 rings (SSSR count). The zero-order valence-corrected chi connectivity index (χ0v) is 25.0. The Balaban J connectivity index is 2.00. The van der Waals surface area contributed by atoms with Crippen molar-refractivity contribution in [2.75, 3.05) is 24.5 Å². The van der Waals surface area contributed by atoms with E-state index in [0.29, 0.717) is 22.3 Å². The lowest BCUT2D eigenvalue weighted by Crippen LogP contribution is -2.51. The second-order valence-electron chi connectivity index (χ2n) is 9.14. The Kier molecular flexibility index (Phi) is 11.2. The number of halogens is 2. The fraction of sp³-hybridized carbons (Fsp3) is 0.310. The van der Waals surface area contributed by atoms with Gasteiger partial charge in [-0.1, -0.05) is 54.7 Å². The van der Waals surface area contributed by atoms with Crippen molar-refractivity contribution in [1.29, 1.82) is 0 Å². The topological polar surface area (TPSA) is 96.0 Å². The highest BCUT2D eigenvalue weighted by Crippen LogP contribution is 2.28. The molecule has 1 N–H and O–H groups in total. The van der Waals surface area contributed by atoms with Crippen molar-refractivity contribution < 1.29 is 22.7 Å². The summed E-state index contributed by atoms with van der Waals surface area (Å²) in [5, 5.41) is 3.70. The molecule has 1 atom stereocenters. The first-order valence-corrected chi connectivity index (χ1v) is 15.0. The van der Waals surface area contributed by atoms with Crippen LogP contribution in [0.3, 0.4) is 0 Å². The van der Waals surface area contributed by atoms with E-state index in [1.165, 1.54) is 42.3 Å². The molecule has 214 valence electrons. The van der Waals surface area contributed by atoms with Gasteiger partial charge in [-0.25, -0.2) is 8.42 Å². The summed E-state index contributed by atoms with van der Waals surface area (Å²) in [6, 6.07) is 18.2. The van der Waals surface area contributed by atoms with Crippen molar-refractivity contribution in [3.8, 4) is 5.75 Å². The number of unbranched alkanes of at least 4 members (excludes halogenated alkanes) is 1. The number of amides is 2. The summed E-state index contributed by atoms with van der Waals surface area (Å²) >= 11 is 12.2. The van der Waals surface area contributed by atoms with Gasteiger partial charge in [-0.15, -0.1) is 0 Å². The van der Waals surface area contributed by atoms with Crippen molar-refractivity contribution in [3.63, 3.8) is 0 Å². The molecule has 0 fully saturated rings. The Morgan fingerprint density at radius 3 is 2.25 bits per heavy atom. The largest absolute Gasteiger partial charge is 0.497 e. The first kappa shape index (κ1) is 31.3. The first-order valence-electron chi connectivity index (χ1n) is 12.8. The van der Waals surface area contributed by atoms with Crippen LogP contribution in [-0.2, 0) is 26.2 Å². The fourth-order valence-electron chi connectivity index (χ4n) is 3.94. The predicted molar refractivity (Wildman–Crippen MR) is 158 cm³/mol. The number of ether oxygens (including phenoxy) is 1. The molecule has 3 aromatic carbocycles. The van der Waals surface area contributed by atoms with E-state index in [0.717, 1.165) is 22.7 Å². The molecule has 3 aromatic rings. The van der Waals surface area contributed by atoms with Crippen LogP contribution < -0.4 is 14.4 Å². The molecular formula is C29H33Cl2N3O5S. The second-order valence-corrected chi connectivity index (χ2v) is 11.9. The van der Waals surface area contributed by atoms with Crippen LogP contribution in [0.4, 0.5) is 5.69 Å². The molecular weight excluding hydrogens is 573 g/mol. The lowest BCUT2D eigenvalue weighted by molar-refractivity contribution is -0.139. The Hall–Kier alpha value is -3.27. The van der Waals surface area contributed by atoms with E-state index in [4.69, 9.17) is 27.9 Å². The van der Waals surface area contributed by atoms with Crippen LogP contribution in [0.1, 0.15) is 32.3 Å². The maximum Gasteiger partial charge on any atom is 0.264 e. The van der Waals surface area contributed by atoms with Gasteiger partial charge < -0.3 is 15.0 Å². The number of carbonyl (C=O) groups excluding carboxylic acids is 2. The van der Waals surface area contributed by atoms with E-state index in [9.17, 15) is 18.0 Å². The van der Waals surface area contributed by atoms with Gasteiger partial charge in [-0.3, -0.25) is 13.9 Å². The Morgan fingerprint density at radius 2 is 1.65 bits per heavy atom. The van der Waals surface area contributed by atoms with Crippen molar-refractivity contribution >= 4 is 50.7 Å². The zero-order valence-electron chi connectivity index (χ0n) is 22.6. The van der Waals surface area contributed by atoms with Gasteiger partial charge in [0.25, 0.3) is 10.0 Å². The summed E-state index contributed by atoms with van der Waals surface area (Å²) in [6.45, 7) is 3.62. The standard InChI is InChI=1S/C29H33Cl2N3O5S/c1-4-5-17-32-29(36)21(2)33(19-22-9-11-23(30)12-10-22)28(35)20-34(25-8-6-7-24(31)18-25)40(37,38)27-15-13-26(39-3)14-16-27/h6-16,18,21H,4-5,17,19-20H2,1-3H3,(H,32,36)/t21-/m1/s1. The molecule has 0 unspecified atom stereocenters. The number of nitrogens with one attached hydrogen (secondary N) is 1. The third-order valence-corrected chi connectivity index (χ3v) is 8.56. The lowest BCUT2D eigenvalue weighted by atomic mass is 10.1. The fourth-order valence-corrected chi connectivity index (χ4v) is 5.66. The van der Waals surface area contributed by atoms with Crippen LogP contribution >= 0.6 is 23.2 Å². The summed E-state index contributed by atoms with van der Waals surface area (Å²) in [7, 11) is -2.73. The van der Waals surface area contributed by atoms with Gasteiger partial charge in [0.2, 0.25) is 11.8 Å². The highest BCUT2D eigenvalue weighted by Gasteiger charge is 2.32. The lowest BCUT2D eigenvalue weighted by Gasteiger charge is -2.32. The monoisotopic (exact) mass is 605 g/mol. The van der Waals surface area contributed by atoms with E-state index in [-0.39, 0.29) is 23.0 Å². The zero-order chi connectivity index (χ0) is 29.3. The third kappa shape index (κ3) is 8.13. The van der Waals surface area contributed by atoms with Gasteiger partial charge in [0.05, 0.1) is 17.7 Å². The summed E-state index contributed by atoms with van der Waals surface area (Å²) in [5.41, 5.74) is 0.946. The molecule has 11 heteroatoms. The molecule has 0 spiro atoms. The van der Waals surface area contributed by atoms with Crippen LogP contribution in [0.5, 0.6) is 5.75 Å². The molecule has 0 aliphatic heterocycles. The minimum Gasteiger partial charge on any atom is -0.497 e. The second kappa shape index (κ2) is 14.4. The predicted octanol–water partition coefficient (Wildman–Crippen LogP) is 5.53. The molecule has 0 heterocycles. The summed E-state index contributed by atoms with van der Waals surface area (Å²) < 4.78 is 33.9. The Labute approximate surface area is 245 Å². The Bertz CT molecular complexity index is 1400. The van der Waals surface area contributed by atoms with Crippen LogP contribution in [-0.4, -0.2) is 51.4 Å². The van der Waals surface area contributed by atoms with Crippen LogP contribution in [0.2, 0.25) is 10.0 Å². The average Bonchev–Trinajstić information content (AvgIpc) is 2.95. The molecule has 0 saturated heterocycles. The number of nitrogens with zero attached hydrogens (tertiary/aromatic N) is 2. The van der Waals surface area contributed by atoms with Crippen molar-refractivity contribution in [3.05, 3.63) is 88.4 Å². The molecule has 0 bridgehead atoms. The van der Waals surface area contributed by atoms with Crippen molar-refractivity contribution in [2.24, 2.45) is 0 Å². The summed E-state index contributed by atoms with van der Waals surface area (Å²) in [4.78, 5) is 28.2. The number of hydrogen-bond donors (Lipinski definition) is 1. The van der Waals surface area contributed by atoms with Crippen molar-refractivity contribution in [1.82, 2.24) is 10.2 Å². The van der Waals surface area contributed by atoms with Gasteiger partial charge in [-0.2, -0.15) is 0 Å². The van der Waals surface area contributed by atoms with Gasteiger partial charge in [0, 0.05) is 23.1 Å². The molecule has 0 radical (unpaired) electrons. The first-order chi connectivity index (χ1) is 19.1. The minimum absolute atomic E-state index is 0.0318. The molecule has 0 saturated carbocycles. The van der Waals surface area contributed by atoms with Gasteiger partial charge >= 0.3 is 0 Å². The van der Waals surface area contributed by atoms with Crippen LogP contribution in [0.15, 0.2) is 77.7 Å². The normalized spacial score (nSPS) is 11.9.